The van der Waals surface area contributed by atoms with Crippen molar-refractivity contribution in [2.75, 3.05) is 5.75 Å². The molecule has 1 amide bonds. The van der Waals surface area contributed by atoms with Gasteiger partial charge in [0.25, 0.3) is 0 Å². The van der Waals surface area contributed by atoms with Crippen LogP contribution in [0.3, 0.4) is 0 Å². The van der Waals surface area contributed by atoms with Gasteiger partial charge < -0.3 is 10.0 Å². The Hall–Kier alpha value is -1.20. The number of amides is 1. The zero-order valence-electron chi connectivity index (χ0n) is 9.67. The van der Waals surface area contributed by atoms with E-state index in [2.05, 4.69) is 0 Å². The fourth-order valence-electron chi connectivity index (χ4n) is 1.97. The lowest BCUT2D eigenvalue weighted by Gasteiger charge is -2.26. The minimum absolute atomic E-state index is 0.229. The van der Waals surface area contributed by atoms with Crippen LogP contribution in [0.25, 0.3) is 0 Å². The first-order valence-electron chi connectivity index (χ1n) is 5.39. The highest BCUT2D eigenvalue weighted by Crippen LogP contribution is 2.41. The van der Waals surface area contributed by atoms with E-state index in [-0.39, 0.29) is 11.3 Å². The van der Waals surface area contributed by atoms with Gasteiger partial charge in [-0.25, -0.2) is 4.79 Å². The van der Waals surface area contributed by atoms with Gasteiger partial charge in [0, 0.05) is 17.7 Å². The minimum atomic E-state index is -0.964. The maximum Gasteiger partial charge on any atom is 0.327 e. The molecule has 0 bridgehead atoms. The number of thioether (sulfide) groups is 1. The van der Waals surface area contributed by atoms with Crippen LogP contribution in [0.4, 0.5) is 0 Å². The van der Waals surface area contributed by atoms with Gasteiger partial charge in [0.2, 0.25) is 5.91 Å². The smallest absolute Gasteiger partial charge is 0.327 e. The molecule has 2 rings (SSSR count). The molecule has 2 unspecified atom stereocenters. The summed E-state index contributed by atoms with van der Waals surface area (Å²) in [5.74, 6) is -0.788. The van der Waals surface area contributed by atoms with Crippen molar-refractivity contribution < 1.29 is 14.7 Å². The lowest BCUT2D eigenvalue weighted by Crippen LogP contribution is -2.41. The van der Waals surface area contributed by atoms with Crippen LogP contribution in [-0.4, -0.2) is 33.7 Å². The van der Waals surface area contributed by atoms with Crippen LogP contribution in [-0.2, 0) is 9.59 Å². The van der Waals surface area contributed by atoms with Crippen molar-refractivity contribution in [3.63, 3.8) is 0 Å². The predicted octanol–water partition coefficient (Wildman–Crippen LogP) is 2.39. The Balaban J connectivity index is 2.30. The molecule has 18 heavy (non-hydrogen) atoms. The highest BCUT2D eigenvalue weighted by atomic mass is 35.5. The average molecular weight is 286 g/mol. The van der Waals surface area contributed by atoms with E-state index in [1.165, 1.54) is 23.6 Å². The molecular weight excluding hydrogens is 274 g/mol. The third-order valence-electron chi connectivity index (χ3n) is 2.80. The average Bonchev–Trinajstić information content (AvgIpc) is 2.74. The van der Waals surface area contributed by atoms with Crippen LogP contribution < -0.4 is 0 Å². The van der Waals surface area contributed by atoms with Crippen LogP contribution in [0.1, 0.15) is 17.9 Å². The first-order chi connectivity index (χ1) is 8.50. The number of carboxylic acids is 1. The number of benzene rings is 1. The van der Waals surface area contributed by atoms with Gasteiger partial charge in [-0.05, 0) is 17.7 Å². The van der Waals surface area contributed by atoms with Gasteiger partial charge in [-0.15, -0.1) is 11.8 Å². The lowest BCUT2D eigenvalue weighted by atomic mass is 10.2. The number of hydrogen-bond donors (Lipinski definition) is 1. The third-order valence-corrected chi connectivity index (χ3v) is 4.38. The summed E-state index contributed by atoms with van der Waals surface area (Å²) in [7, 11) is 0. The van der Waals surface area contributed by atoms with Crippen molar-refractivity contribution in [2.24, 2.45) is 0 Å². The van der Waals surface area contributed by atoms with Gasteiger partial charge in [-0.3, -0.25) is 4.79 Å². The second kappa shape index (κ2) is 5.20. The van der Waals surface area contributed by atoms with E-state index >= 15 is 0 Å². The molecule has 1 heterocycles. The second-order valence-electron chi connectivity index (χ2n) is 4.02. The molecule has 0 saturated carbocycles. The Morgan fingerprint density at radius 3 is 2.50 bits per heavy atom. The molecule has 0 aromatic heterocycles. The molecule has 1 N–H and O–H groups in total. The molecule has 96 valence electrons. The molecule has 1 saturated heterocycles. The van der Waals surface area contributed by atoms with Gasteiger partial charge in [0.1, 0.15) is 11.4 Å². The van der Waals surface area contributed by atoms with Crippen LogP contribution in [0, 0.1) is 0 Å². The zero-order valence-corrected chi connectivity index (χ0v) is 11.2. The van der Waals surface area contributed by atoms with Crippen molar-refractivity contribution in [2.45, 2.75) is 18.3 Å². The van der Waals surface area contributed by atoms with Crippen molar-refractivity contribution in [1.82, 2.24) is 4.90 Å². The summed E-state index contributed by atoms with van der Waals surface area (Å²) in [6.07, 6.45) is 0. The van der Waals surface area contributed by atoms with Crippen LogP contribution in [0.5, 0.6) is 0 Å². The number of carbonyl (C=O) groups is 2. The molecule has 2 atom stereocenters. The quantitative estimate of drug-likeness (QED) is 0.906. The highest BCUT2D eigenvalue weighted by molar-refractivity contribution is 7.99. The van der Waals surface area contributed by atoms with Crippen LogP contribution in [0.15, 0.2) is 24.3 Å². The number of rotatable bonds is 2. The molecule has 1 aromatic rings. The van der Waals surface area contributed by atoms with E-state index in [9.17, 15) is 9.59 Å². The Kier molecular flexibility index (Phi) is 3.82. The fraction of sp³-hybridized carbons (Fsp3) is 0.333. The standard InChI is InChI=1S/C12H12ClNO3S/c1-7(15)14-10(12(16)17)6-18-11(14)8-2-4-9(13)5-3-8/h2-5,10-11H,6H2,1H3,(H,16,17). The topological polar surface area (TPSA) is 57.6 Å². The number of carboxylic acid groups (broad SMARTS) is 1. The van der Waals surface area contributed by atoms with Crippen molar-refractivity contribution in [1.29, 1.82) is 0 Å². The first-order valence-corrected chi connectivity index (χ1v) is 6.82. The van der Waals surface area contributed by atoms with E-state index in [1.54, 1.807) is 12.1 Å². The van der Waals surface area contributed by atoms with Gasteiger partial charge in [-0.2, -0.15) is 0 Å². The molecule has 1 aliphatic heterocycles. The Morgan fingerprint density at radius 2 is 2.00 bits per heavy atom. The Morgan fingerprint density at radius 1 is 1.39 bits per heavy atom. The van der Waals surface area contributed by atoms with Gasteiger partial charge in [-0.1, -0.05) is 23.7 Å². The summed E-state index contributed by atoms with van der Waals surface area (Å²) >= 11 is 7.27. The number of halogens is 1. The van der Waals surface area contributed by atoms with Crippen molar-refractivity contribution >= 4 is 35.2 Å². The van der Waals surface area contributed by atoms with Gasteiger partial charge >= 0.3 is 5.97 Å². The SMILES string of the molecule is CC(=O)N1C(C(=O)O)CSC1c1ccc(Cl)cc1. The number of aliphatic carboxylic acids is 1. The summed E-state index contributed by atoms with van der Waals surface area (Å²) in [6, 6.07) is 6.36. The summed E-state index contributed by atoms with van der Waals surface area (Å²) in [6.45, 7) is 1.39. The van der Waals surface area contributed by atoms with Crippen molar-refractivity contribution in [3.05, 3.63) is 34.9 Å². The number of nitrogens with zero attached hydrogens (tertiary/aromatic N) is 1. The maximum absolute atomic E-state index is 11.6. The molecule has 0 spiro atoms. The summed E-state index contributed by atoms with van der Waals surface area (Å²) < 4.78 is 0. The van der Waals surface area contributed by atoms with E-state index in [0.717, 1.165) is 5.56 Å². The molecule has 0 radical (unpaired) electrons. The minimum Gasteiger partial charge on any atom is -0.480 e. The van der Waals surface area contributed by atoms with E-state index in [0.29, 0.717) is 10.8 Å². The largest absolute Gasteiger partial charge is 0.480 e. The maximum atomic E-state index is 11.6. The van der Waals surface area contributed by atoms with Crippen molar-refractivity contribution in [3.8, 4) is 0 Å². The molecule has 4 nitrogen and oxygen atoms in total. The molecule has 1 aliphatic rings. The molecule has 6 heteroatoms. The Bertz CT molecular complexity index is 477. The molecule has 1 aromatic carbocycles. The zero-order chi connectivity index (χ0) is 13.3. The highest BCUT2D eigenvalue weighted by Gasteiger charge is 2.40. The molecule has 0 aliphatic carbocycles. The summed E-state index contributed by atoms with van der Waals surface area (Å²) in [4.78, 5) is 24.2. The lowest BCUT2D eigenvalue weighted by molar-refractivity contribution is -0.148. The van der Waals surface area contributed by atoms with E-state index in [4.69, 9.17) is 16.7 Å². The molecular formula is C12H12ClNO3S. The normalized spacial score (nSPS) is 23.1. The third kappa shape index (κ3) is 2.47. The molecule has 1 fully saturated rings. The first kappa shape index (κ1) is 13.2. The number of hydrogen-bond acceptors (Lipinski definition) is 3. The fourth-order valence-corrected chi connectivity index (χ4v) is 3.56. The number of carbonyl (C=O) groups excluding carboxylic acids is 1. The second-order valence-corrected chi connectivity index (χ2v) is 5.57. The monoisotopic (exact) mass is 285 g/mol. The van der Waals surface area contributed by atoms with Crippen LogP contribution in [0.2, 0.25) is 5.02 Å². The van der Waals surface area contributed by atoms with Gasteiger partial charge in [0.05, 0.1) is 0 Å². The summed E-state index contributed by atoms with van der Waals surface area (Å²) in [5.41, 5.74) is 0.892. The van der Waals surface area contributed by atoms with Crippen LogP contribution >= 0.6 is 23.4 Å². The predicted molar refractivity (Wildman–Crippen MR) is 70.6 cm³/mol. The Labute approximate surface area is 114 Å². The van der Waals surface area contributed by atoms with E-state index in [1.807, 2.05) is 12.1 Å². The summed E-state index contributed by atoms with van der Waals surface area (Å²) in [5, 5.41) is 9.48. The van der Waals surface area contributed by atoms with Gasteiger partial charge in [0.15, 0.2) is 0 Å². The van der Waals surface area contributed by atoms with E-state index < -0.39 is 12.0 Å².